The van der Waals surface area contributed by atoms with Crippen LogP contribution in [0.2, 0.25) is 0 Å². The summed E-state index contributed by atoms with van der Waals surface area (Å²) < 4.78 is 0. The molecule has 0 aliphatic carbocycles. The summed E-state index contributed by atoms with van der Waals surface area (Å²) in [5, 5.41) is 0. The van der Waals surface area contributed by atoms with Crippen LogP contribution in [0.15, 0.2) is 0 Å². The van der Waals surface area contributed by atoms with E-state index in [1.54, 1.807) is 0 Å². The van der Waals surface area contributed by atoms with Crippen LogP contribution in [0.4, 0.5) is 0 Å². The Morgan fingerprint density at radius 2 is 2.11 bits per heavy atom. The van der Waals surface area contributed by atoms with Gasteiger partial charge in [-0.05, 0) is 6.42 Å². The highest BCUT2D eigenvalue weighted by molar-refractivity contribution is 5.73. The van der Waals surface area contributed by atoms with E-state index >= 15 is 0 Å². The lowest BCUT2D eigenvalue weighted by Gasteiger charge is -1.93. The van der Waals surface area contributed by atoms with E-state index in [1.807, 2.05) is 0 Å². The van der Waals surface area contributed by atoms with Crippen molar-refractivity contribution in [3.8, 4) is 0 Å². The van der Waals surface area contributed by atoms with Gasteiger partial charge < -0.3 is 5.73 Å². The van der Waals surface area contributed by atoms with E-state index in [4.69, 9.17) is 5.73 Å². The highest BCUT2D eigenvalue weighted by Crippen LogP contribution is 2.00. The lowest BCUT2D eigenvalue weighted by atomic mass is 10.1. The van der Waals surface area contributed by atoms with Crippen LogP contribution in [0.25, 0.3) is 0 Å². The van der Waals surface area contributed by atoms with Crippen LogP contribution in [-0.2, 0) is 4.79 Å². The zero-order valence-electron chi connectivity index (χ0n) is 6.02. The molecule has 0 saturated carbocycles. The molecule has 0 atom stereocenters. The average Bonchev–Trinajstić information content (AvgIpc) is 1.80. The molecular formula is C7H17NO. The summed E-state index contributed by atoms with van der Waals surface area (Å²) in [7, 11) is 0. The molecule has 0 unspecified atom stereocenters. The summed E-state index contributed by atoms with van der Waals surface area (Å²) in [5.74, 6) is -0.175. The van der Waals surface area contributed by atoms with E-state index in [1.165, 1.54) is 12.8 Å². The SMILES string of the molecule is CCCCCCC(N)=O.[HH]. The number of carbonyl (C=O) groups excluding carboxylic acids is 1. The molecule has 0 rings (SSSR count). The Balaban J connectivity index is 0. The van der Waals surface area contributed by atoms with E-state index < -0.39 is 0 Å². The lowest BCUT2D eigenvalue weighted by molar-refractivity contribution is -0.118. The Kier molecular flexibility index (Phi) is 5.27. The van der Waals surface area contributed by atoms with Gasteiger partial charge in [0.1, 0.15) is 0 Å². The van der Waals surface area contributed by atoms with Crippen molar-refractivity contribution >= 4 is 5.91 Å². The maximum Gasteiger partial charge on any atom is 0.217 e. The first-order chi connectivity index (χ1) is 4.27. The second-order valence-electron chi connectivity index (χ2n) is 2.28. The third kappa shape index (κ3) is 7.47. The number of unbranched alkanes of at least 4 members (excludes halogenated alkanes) is 3. The number of carbonyl (C=O) groups is 1. The molecule has 9 heavy (non-hydrogen) atoms. The maximum atomic E-state index is 10.2. The quantitative estimate of drug-likeness (QED) is 0.567. The van der Waals surface area contributed by atoms with Crippen LogP contribution in [0.5, 0.6) is 0 Å². The molecule has 0 fully saturated rings. The number of nitrogens with two attached hydrogens (primary N) is 1. The van der Waals surface area contributed by atoms with Gasteiger partial charge in [0.2, 0.25) is 5.91 Å². The standard InChI is InChI=1S/C7H15NO.H2/c1-2-3-4-5-6-7(8)9;/h2-6H2,1H3,(H2,8,9);1H. The van der Waals surface area contributed by atoms with Crippen molar-refractivity contribution in [2.24, 2.45) is 5.73 Å². The van der Waals surface area contributed by atoms with E-state index in [2.05, 4.69) is 6.92 Å². The van der Waals surface area contributed by atoms with Gasteiger partial charge >= 0.3 is 0 Å². The molecule has 0 saturated heterocycles. The molecule has 2 N–H and O–H groups in total. The van der Waals surface area contributed by atoms with E-state index in [0.29, 0.717) is 6.42 Å². The van der Waals surface area contributed by atoms with Crippen molar-refractivity contribution in [2.75, 3.05) is 0 Å². The van der Waals surface area contributed by atoms with Gasteiger partial charge in [-0.3, -0.25) is 4.79 Å². The number of amides is 1. The molecule has 0 aliphatic rings. The molecule has 2 nitrogen and oxygen atoms in total. The third-order valence-electron chi connectivity index (χ3n) is 1.28. The molecule has 56 valence electrons. The van der Waals surface area contributed by atoms with Crippen LogP contribution in [-0.4, -0.2) is 5.91 Å². The predicted molar refractivity (Wildman–Crippen MR) is 40.1 cm³/mol. The molecule has 0 spiro atoms. The Hall–Kier alpha value is -0.530. The molecule has 1 amide bonds. The van der Waals surface area contributed by atoms with Gasteiger partial charge in [0.25, 0.3) is 0 Å². The van der Waals surface area contributed by atoms with Crippen molar-refractivity contribution in [3.63, 3.8) is 0 Å². The summed E-state index contributed by atoms with van der Waals surface area (Å²) in [6.07, 6.45) is 5.08. The van der Waals surface area contributed by atoms with Gasteiger partial charge in [0, 0.05) is 7.85 Å². The highest BCUT2D eigenvalue weighted by Gasteiger charge is 1.91. The van der Waals surface area contributed by atoms with Crippen molar-refractivity contribution in [1.29, 1.82) is 0 Å². The van der Waals surface area contributed by atoms with Crippen LogP contribution in [0.1, 0.15) is 40.5 Å². The fraction of sp³-hybridized carbons (Fsp3) is 0.857. The molecular weight excluding hydrogens is 114 g/mol. The van der Waals surface area contributed by atoms with E-state index in [-0.39, 0.29) is 7.33 Å². The zero-order chi connectivity index (χ0) is 7.11. The molecule has 0 bridgehead atoms. The highest BCUT2D eigenvalue weighted by atomic mass is 16.1. The molecule has 2 heteroatoms. The summed E-state index contributed by atoms with van der Waals surface area (Å²) in [6.45, 7) is 2.14. The Labute approximate surface area is 57.9 Å². The molecule has 0 aliphatic heterocycles. The minimum absolute atomic E-state index is 0. The van der Waals surface area contributed by atoms with E-state index in [0.717, 1.165) is 12.8 Å². The second-order valence-corrected chi connectivity index (χ2v) is 2.28. The van der Waals surface area contributed by atoms with Gasteiger partial charge in [0.05, 0.1) is 0 Å². The summed E-state index contributed by atoms with van der Waals surface area (Å²) >= 11 is 0. The average molecular weight is 131 g/mol. The second kappa shape index (κ2) is 5.60. The van der Waals surface area contributed by atoms with Crippen LogP contribution in [0.3, 0.4) is 0 Å². The zero-order valence-corrected chi connectivity index (χ0v) is 6.02. The maximum absolute atomic E-state index is 10.2. The third-order valence-corrected chi connectivity index (χ3v) is 1.28. The first-order valence-corrected chi connectivity index (χ1v) is 3.55. The smallest absolute Gasteiger partial charge is 0.217 e. The number of hydrogen-bond acceptors (Lipinski definition) is 1. The Bertz CT molecular complexity index is 85.7. The Morgan fingerprint density at radius 1 is 1.44 bits per heavy atom. The summed E-state index contributed by atoms with van der Waals surface area (Å²) in [4.78, 5) is 10.2. The molecule has 0 radical (unpaired) electrons. The fourth-order valence-corrected chi connectivity index (χ4v) is 0.726. The monoisotopic (exact) mass is 131 g/mol. The van der Waals surface area contributed by atoms with Crippen molar-refractivity contribution in [1.82, 2.24) is 0 Å². The van der Waals surface area contributed by atoms with Crippen LogP contribution in [0, 0.1) is 0 Å². The molecule has 0 aromatic carbocycles. The van der Waals surface area contributed by atoms with Gasteiger partial charge in [-0.2, -0.15) is 0 Å². The molecule has 0 heterocycles. The number of rotatable bonds is 5. The van der Waals surface area contributed by atoms with Crippen LogP contribution < -0.4 is 5.73 Å². The first kappa shape index (κ1) is 8.47. The lowest BCUT2D eigenvalue weighted by Crippen LogP contribution is -2.09. The minimum atomic E-state index is -0.175. The number of hydrogen-bond donors (Lipinski definition) is 1. The predicted octanol–water partition coefficient (Wildman–Crippen LogP) is 1.69. The van der Waals surface area contributed by atoms with Crippen molar-refractivity contribution in [3.05, 3.63) is 0 Å². The Morgan fingerprint density at radius 3 is 2.56 bits per heavy atom. The first-order valence-electron chi connectivity index (χ1n) is 3.55. The van der Waals surface area contributed by atoms with Gasteiger partial charge in [-0.15, -0.1) is 0 Å². The normalized spacial score (nSPS) is 9.44. The van der Waals surface area contributed by atoms with Crippen molar-refractivity contribution < 1.29 is 6.22 Å². The minimum Gasteiger partial charge on any atom is -0.370 e. The van der Waals surface area contributed by atoms with Gasteiger partial charge in [-0.25, -0.2) is 0 Å². The largest absolute Gasteiger partial charge is 0.370 e. The van der Waals surface area contributed by atoms with Gasteiger partial charge in [-0.1, -0.05) is 26.2 Å². The van der Waals surface area contributed by atoms with Crippen molar-refractivity contribution in [2.45, 2.75) is 39.0 Å². The number of primary amides is 1. The van der Waals surface area contributed by atoms with Crippen LogP contribution >= 0.6 is 0 Å². The summed E-state index contributed by atoms with van der Waals surface area (Å²) in [6, 6.07) is 0. The molecule has 0 aromatic heterocycles. The van der Waals surface area contributed by atoms with E-state index in [9.17, 15) is 4.79 Å². The van der Waals surface area contributed by atoms with Gasteiger partial charge in [0.15, 0.2) is 0 Å². The topological polar surface area (TPSA) is 43.1 Å². The molecule has 0 aromatic rings. The summed E-state index contributed by atoms with van der Waals surface area (Å²) in [5.41, 5.74) is 4.94. The fourth-order valence-electron chi connectivity index (χ4n) is 0.726.